The molecule has 0 aliphatic heterocycles. The number of rotatable bonds is 4. The van der Waals surface area contributed by atoms with E-state index < -0.39 is 0 Å². The van der Waals surface area contributed by atoms with Crippen LogP contribution < -0.4 is 16.0 Å². The zero-order chi connectivity index (χ0) is 11.7. The van der Waals surface area contributed by atoms with Gasteiger partial charge in [0.15, 0.2) is 0 Å². The second-order valence-corrected chi connectivity index (χ2v) is 5.16. The predicted octanol–water partition coefficient (Wildman–Crippen LogP) is 1.68. The molecule has 1 aliphatic rings. The molecular weight excluding hydrogens is 222 g/mol. The van der Waals surface area contributed by atoms with E-state index >= 15 is 0 Å². The average Bonchev–Trinajstić information content (AvgIpc) is 2.98. The van der Waals surface area contributed by atoms with Crippen molar-refractivity contribution in [2.45, 2.75) is 25.8 Å². The fourth-order valence-electron chi connectivity index (χ4n) is 1.39. The van der Waals surface area contributed by atoms with Crippen molar-refractivity contribution in [1.29, 1.82) is 0 Å². The van der Waals surface area contributed by atoms with Crippen molar-refractivity contribution >= 4 is 27.9 Å². The van der Waals surface area contributed by atoms with Crippen LogP contribution >= 0.6 is 11.3 Å². The summed E-state index contributed by atoms with van der Waals surface area (Å²) < 4.78 is 0. The molecule has 0 unspecified atom stereocenters. The Hall–Kier alpha value is -1.23. The molecule has 1 heterocycles. The van der Waals surface area contributed by atoms with Crippen molar-refractivity contribution in [2.24, 2.45) is 0 Å². The Labute approximate surface area is 99.4 Å². The molecule has 3 N–H and O–H groups in total. The second kappa shape index (κ2) is 4.33. The summed E-state index contributed by atoms with van der Waals surface area (Å²) in [5.41, 5.74) is 6.44. The standard InChI is InChI=1S/C11H17N3OS/c1-3-14(2)9-6-8(12)10(16-9)11(15)13-7-4-5-7/h6-7H,3-5,12H2,1-2H3,(H,13,15). The molecule has 0 atom stereocenters. The Bertz CT molecular complexity index is 398. The summed E-state index contributed by atoms with van der Waals surface area (Å²) >= 11 is 1.46. The average molecular weight is 239 g/mol. The quantitative estimate of drug-likeness (QED) is 0.840. The summed E-state index contributed by atoms with van der Waals surface area (Å²) in [5, 5.41) is 4.00. The van der Waals surface area contributed by atoms with Crippen LogP contribution in [0, 0.1) is 0 Å². The Morgan fingerprint density at radius 1 is 1.69 bits per heavy atom. The van der Waals surface area contributed by atoms with Gasteiger partial charge in [0.1, 0.15) is 4.88 Å². The lowest BCUT2D eigenvalue weighted by molar-refractivity contribution is 0.0956. The number of carbonyl (C=O) groups excluding carboxylic acids is 1. The van der Waals surface area contributed by atoms with Crippen LogP contribution in [-0.2, 0) is 0 Å². The van der Waals surface area contributed by atoms with Gasteiger partial charge in [0.25, 0.3) is 5.91 Å². The Morgan fingerprint density at radius 3 is 2.94 bits per heavy atom. The van der Waals surface area contributed by atoms with Gasteiger partial charge in [0.2, 0.25) is 0 Å². The van der Waals surface area contributed by atoms with Crippen LogP contribution in [0.1, 0.15) is 29.4 Å². The zero-order valence-electron chi connectivity index (χ0n) is 9.62. The molecule has 1 aliphatic carbocycles. The molecule has 5 heteroatoms. The van der Waals surface area contributed by atoms with Gasteiger partial charge in [-0.3, -0.25) is 4.79 Å². The zero-order valence-corrected chi connectivity index (χ0v) is 10.4. The largest absolute Gasteiger partial charge is 0.397 e. The molecule has 1 aromatic heterocycles. The first-order valence-corrected chi connectivity index (χ1v) is 6.34. The van der Waals surface area contributed by atoms with E-state index in [-0.39, 0.29) is 5.91 Å². The number of nitrogens with one attached hydrogen (secondary N) is 1. The van der Waals surface area contributed by atoms with E-state index in [1.807, 2.05) is 13.1 Å². The number of hydrogen-bond donors (Lipinski definition) is 2. The minimum Gasteiger partial charge on any atom is -0.397 e. The summed E-state index contributed by atoms with van der Waals surface area (Å²) in [5.74, 6) is -0.0271. The van der Waals surface area contributed by atoms with E-state index in [4.69, 9.17) is 5.73 Å². The van der Waals surface area contributed by atoms with Crippen LogP contribution in [0.3, 0.4) is 0 Å². The Balaban J connectivity index is 2.13. The van der Waals surface area contributed by atoms with E-state index in [1.165, 1.54) is 11.3 Å². The van der Waals surface area contributed by atoms with Crippen LogP contribution in [0.5, 0.6) is 0 Å². The van der Waals surface area contributed by atoms with Crippen LogP contribution in [0.25, 0.3) is 0 Å². The summed E-state index contributed by atoms with van der Waals surface area (Å²) in [6.45, 7) is 2.98. The molecule has 1 fully saturated rings. The molecule has 0 bridgehead atoms. The topological polar surface area (TPSA) is 58.4 Å². The number of nitrogens with two attached hydrogens (primary N) is 1. The lowest BCUT2D eigenvalue weighted by Gasteiger charge is -2.12. The highest BCUT2D eigenvalue weighted by molar-refractivity contribution is 7.18. The summed E-state index contributed by atoms with van der Waals surface area (Å²) in [7, 11) is 1.99. The van der Waals surface area contributed by atoms with Crippen molar-refractivity contribution in [3.63, 3.8) is 0 Å². The summed E-state index contributed by atoms with van der Waals surface area (Å²) in [4.78, 5) is 14.6. The van der Waals surface area contributed by atoms with Crippen molar-refractivity contribution in [1.82, 2.24) is 5.32 Å². The minimum atomic E-state index is -0.0271. The highest BCUT2D eigenvalue weighted by atomic mass is 32.1. The maximum atomic E-state index is 11.8. The fraction of sp³-hybridized carbons (Fsp3) is 0.545. The van der Waals surface area contributed by atoms with E-state index in [1.54, 1.807) is 0 Å². The first-order chi connectivity index (χ1) is 7.61. The monoisotopic (exact) mass is 239 g/mol. The molecule has 1 aromatic rings. The first-order valence-electron chi connectivity index (χ1n) is 5.53. The molecular formula is C11H17N3OS. The fourth-order valence-corrected chi connectivity index (χ4v) is 2.40. The van der Waals surface area contributed by atoms with E-state index in [0.717, 1.165) is 24.4 Å². The van der Waals surface area contributed by atoms with Gasteiger partial charge in [0.05, 0.1) is 10.7 Å². The van der Waals surface area contributed by atoms with Crippen molar-refractivity contribution < 1.29 is 4.79 Å². The van der Waals surface area contributed by atoms with Gasteiger partial charge < -0.3 is 16.0 Å². The lowest BCUT2D eigenvalue weighted by Crippen LogP contribution is -2.25. The normalized spacial score (nSPS) is 14.9. The van der Waals surface area contributed by atoms with Gasteiger partial charge in [-0.25, -0.2) is 0 Å². The SMILES string of the molecule is CCN(C)c1cc(N)c(C(=O)NC2CC2)s1. The maximum absolute atomic E-state index is 11.8. The van der Waals surface area contributed by atoms with Crippen LogP contribution in [-0.4, -0.2) is 25.5 Å². The number of anilines is 2. The van der Waals surface area contributed by atoms with Crippen LogP contribution in [0.4, 0.5) is 10.7 Å². The first kappa shape index (κ1) is 11.3. The molecule has 2 rings (SSSR count). The number of nitrogens with zero attached hydrogens (tertiary/aromatic N) is 1. The molecule has 4 nitrogen and oxygen atoms in total. The molecule has 0 saturated heterocycles. The Morgan fingerprint density at radius 2 is 2.38 bits per heavy atom. The number of thiophene rings is 1. The second-order valence-electron chi connectivity index (χ2n) is 4.13. The maximum Gasteiger partial charge on any atom is 0.263 e. The molecule has 1 saturated carbocycles. The molecule has 0 radical (unpaired) electrons. The van der Waals surface area contributed by atoms with Gasteiger partial charge >= 0.3 is 0 Å². The third kappa shape index (κ3) is 2.29. The van der Waals surface area contributed by atoms with Crippen LogP contribution in [0.15, 0.2) is 6.07 Å². The predicted molar refractivity (Wildman–Crippen MR) is 68.2 cm³/mol. The highest BCUT2D eigenvalue weighted by Gasteiger charge is 2.25. The molecule has 16 heavy (non-hydrogen) atoms. The van der Waals surface area contributed by atoms with Gasteiger partial charge in [-0.15, -0.1) is 11.3 Å². The third-order valence-corrected chi connectivity index (χ3v) is 3.98. The molecule has 0 aromatic carbocycles. The number of hydrogen-bond acceptors (Lipinski definition) is 4. The van der Waals surface area contributed by atoms with E-state index in [9.17, 15) is 4.79 Å². The number of carbonyl (C=O) groups is 1. The Kier molecular flexibility index (Phi) is 3.05. The van der Waals surface area contributed by atoms with Gasteiger partial charge in [-0.2, -0.15) is 0 Å². The molecule has 88 valence electrons. The van der Waals surface area contributed by atoms with Crippen molar-refractivity contribution in [2.75, 3.05) is 24.2 Å². The van der Waals surface area contributed by atoms with Crippen LogP contribution in [0.2, 0.25) is 0 Å². The van der Waals surface area contributed by atoms with Crippen molar-refractivity contribution in [3.8, 4) is 0 Å². The molecule has 0 spiro atoms. The van der Waals surface area contributed by atoms with Gasteiger partial charge in [-0.1, -0.05) is 0 Å². The third-order valence-electron chi connectivity index (χ3n) is 2.72. The van der Waals surface area contributed by atoms with Gasteiger partial charge in [0, 0.05) is 19.6 Å². The van der Waals surface area contributed by atoms with E-state index in [2.05, 4.69) is 17.1 Å². The summed E-state index contributed by atoms with van der Waals surface area (Å²) in [6, 6.07) is 2.25. The number of nitrogen functional groups attached to an aromatic ring is 1. The number of amides is 1. The smallest absolute Gasteiger partial charge is 0.263 e. The minimum absolute atomic E-state index is 0.0271. The highest BCUT2D eigenvalue weighted by Crippen LogP contribution is 2.32. The van der Waals surface area contributed by atoms with Gasteiger partial charge in [-0.05, 0) is 25.8 Å². The summed E-state index contributed by atoms with van der Waals surface area (Å²) in [6.07, 6.45) is 2.19. The van der Waals surface area contributed by atoms with E-state index in [0.29, 0.717) is 16.6 Å². The van der Waals surface area contributed by atoms with Crippen molar-refractivity contribution in [3.05, 3.63) is 10.9 Å². The molecule has 1 amide bonds. The lowest BCUT2D eigenvalue weighted by atomic mass is 10.3.